The minimum absolute atomic E-state index is 0.00271. The Labute approximate surface area is 167 Å². The summed E-state index contributed by atoms with van der Waals surface area (Å²) in [5.41, 5.74) is 3.24. The van der Waals surface area contributed by atoms with Gasteiger partial charge in [0, 0.05) is 36.9 Å². The van der Waals surface area contributed by atoms with Crippen LogP contribution in [0.1, 0.15) is 31.9 Å². The Bertz CT molecular complexity index is 910. The van der Waals surface area contributed by atoms with Crippen LogP contribution in [-0.2, 0) is 15.4 Å². The van der Waals surface area contributed by atoms with Crippen molar-refractivity contribution in [1.29, 1.82) is 0 Å². The Morgan fingerprint density at radius 1 is 0.926 bits per heavy atom. The average molecular weight is 407 g/mol. The maximum absolute atomic E-state index is 13.0. The summed E-state index contributed by atoms with van der Waals surface area (Å²) in [6, 6.07) is 13.1. The van der Waals surface area contributed by atoms with Crippen LogP contribution in [0.3, 0.4) is 0 Å². The van der Waals surface area contributed by atoms with E-state index in [1.165, 1.54) is 0 Å². The molecule has 6 heteroatoms. The molecule has 1 aliphatic heterocycles. The average Bonchev–Trinajstić information content (AvgIpc) is 2.63. The third kappa shape index (κ3) is 4.15. The van der Waals surface area contributed by atoms with Crippen molar-refractivity contribution in [2.75, 3.05) is 31.1 Å². The molecule has 146 valence electrons. The van der Waals surface area contributed by atoms with E-state index >= 15 is 0 Å². The van der Waals surface area contributed by atoms with Gasteiger partial charge in [0.25, 0.3) is 0 Å². The summed E-state index contributed by atoms with van der Waals surface area (Å²) in [5.74, 6) is 0. The van der Waals surface area contributed by atoms with Crippen molar-refractivity contribution in [3.63, 3.8) is 0 Å². The molecule has 0 aliphatic carbocycles. The van der Waals surface area contributed by atoms with Crippen molar-refractivity contribution in [1.82, 2.24) is 4.31 Å². The van der Waals surface area contributed by atoms with Crippen molar-refractivity contribution >= 4 is 27.3 Å². The summed E-state index contributed by atoms with van der Waals surface area (Å²) in [7, 11) is -3.47. The van der Waals surface area contributed by atoms with Crippen molar-refractivity contribution in [3.05, 3.63) is 58.6 Å². The summed E-state index contributed by atoms with van der Waals surface area (Å²) < 4.78 is 27.6. The van der Waals surface area contributed by atoms with E-state index in [0.717, 1.165) is 21.8 Å². The highest BCUT2D eigenvalue weighted by molar-refractivity contribution is 7.89. The molecule has 0 bridgehead atoms. The van der Waals surface area contributed by atoms with E-state index < -0.39 is 10.0 Å². The summed E-state index contributed by atoms with van der Waals surface area (Å²) in [5, 5.41) is 0.737. The zero-order chi connectivity index (χ0) is 19.8. The molecule has 27 heavy (non-hydrogen) atoms. The zero-order valence-electron chi connectivity index (χ0n) is 16.4. The molecule has 1 saturated heterocycles. The normalized spacial score (nSPS) is 16.6. The van der Waals surface area contributed by atoms with Gasteiger partial charge in [-0.05, 0) is 47.7 Å². The second kappa shape index (κ2) is 7.46. The Morgan fingerprint density at radius 3 is 2.07 bits per heavy atom. The van der Waals surface area contributed by atoms with Crippen LogP contribution in [0, 0.1) is 6.92 Å². The minimum Gasteiger partial charge on any atom is -0.369 e. The van der Waals surface area contributed by atoms with Crippen LogP contribution in [0.5, 0.6) is 0 Å². The van der Waals surface area contributed by atoms with Gasteiger partial charge in [-0.15, -0.1) is 0 Å². The number of hydrogen-bond donors (Lipinski definition) is 0. The number of rotatable bonds is 3. The molecule has 4 nitrogen and oxygen atoms in total. The molecule has 0 unspecified atom stereocenters. The molecule has 1 aliphatic rings. The van der Waals surface area contributed by atoms with E-state index in [9.17, 15) is 8.42 Å². The van der Waals surface area contributed by atoms with Gasteiger partial charge in [-0.2, -0.15) is 4.31 Å². The van der Waals surface area contributed by atoms with Crippen LogP contribution >= 0.6 is 11.6 Å². The standard InChI is InChI=1S/C21H27ClN2O2S/c1-16-19(22)6-5-7-20(16)23-12-14-24(15-13-23)27(25,26)18-10-8-17(9-11-18)21(2,3)4/h5-11H,12-15H2,1-4H3. The number of piperazine rings is 1. The van der Waals surface area contributed by atoms with Gasteiger partial charge in [-0.3, -0.25) is 0 Å². The highest BCUT2D eigenvalue weighted by Crippen LogP contribution is 2.29. The van der Waals surface area contributed by atoms with Crippen molar-refractivity contribution in [2.45, 2.75) is 38.0 Å². The number of benzene rings is 2. The van der Waals surface area contributed by atoms with Crippen LogP contribution in [-0.4, -0.2) is 38.9 Å². The van der Waals surface area contributed by atoms with E-state index in [-0.39, 0.29) is 5.41 Å². The second-order valence-electron chi connectivity index (χ2n) is 8.05. The van der Waals surface area contributed by atoms with Gasteiger partial charge in [0.2, 0.25) is 10.0 Å². The smallest absolute Gasteiger partial charge is 0.243 e. The van der Waals surface area contributed by atoms with E-state index in [4.69, 9.17) is 11.6 Å². The van der Waals surface area contributed by atoms with Crippen LogP contribution < -0.4 is 4.90 Å². The fourth-order valence-electron chi connectivity index (χ4n) is 3.38. The molecule has 0 aromatic heterocycles. The molecule has 1 heterocycles. The first-order chi connectivity index (χ1) is 12.6. The first-order valence-corrected chi connectivity index (χ1v) is 11.0. The Kier molecular flexibility index (Phi) is 5.57. The lowest BCUT2D eigenvalue weighted by Crippen LogP contribution is -2.48. The fourth-order valence-corrected chi connectivity index (χ4v) is 4.98. The predicted octanol–water partition coefficient (Wildman–Crippen LogP) is 4.46. The van der Waals surface area contributed by atoms with E-state index in [0.29, 0.717) is 31.1 Å². The lowest BCUT2D eigenvalue weighted by atomic mass is 9.87. The summed E-state index contributed by atoms with van der Waals surface area (Å²) >= 11 is 6.23. The van der Waals surface area contributed by atoms with Gasteiger partial charge >= 0.3 is 0 Å². The molecule has 0 atom stereocenters. The van der Waals surface area contributed by atoms with E-state index in [2.05, 4.69) is 25.7 Å². The molecule has 0 spiro atoms. The van der Waals surface area contributed by atoms with Crippen LogP contribution in [0.25, 0.3) is 0 Å². The summed E-state index contributed by atoms with van der Waals surface area (Å²) in [6.45, 7) is 10.6. The van der Waals surface area contributed by atoms with Crippen LogP contribution in [0.4, 0.5) is 5.69 Å². The topological polar surface area (TPSA) is 40.6 Å². The van der Waals surface area contributed by atoms with Gasteiger partial charge in [-0.1, -0.05) is 50.6 Å². The Hall–Kier alpha value is -1.56. The monoisotopic (exact) mass is 406 g/mol. The minimum atomic E-state index is -3.47. The first-order valence-electron chi connectivity index (χ1n) is 9.21. The van der Waals surface area contributed by atoms with Crippen molar-refractivity contribution < 1.29 is 8.42 Å². The quantitative estimate of drug-likeness (QED) is 0.755. The second-order valence-corrected chi connectivity index (χ2v) is 10.4. The van der Waals surface area contributed by atoms with Gasteiger partial charge < -0.3 is 4.90 Å². The highest BCUT2D eigenvalue weighted by atomic mass is 35.5. The fraction of sp³-hybridized carbons (Fsp3) is 0.429. The SMILES string of the molecule is Cc1c(Cl)cccc1N1CCN(S(=O)(=O)c2ccc(C(C)(C)C)cc2)CC1. The summed E-state index contributed by atoms with van der Waals surface area (Å²) in [4.78, 5) is 2.57. The molecular weight excluding hydrogens is 380 g/mol. The number of sulfonamides is 1. The molecule has 0 amide bonds. The lowest BCUT2D eigenvalue weighted by molar-refractivity contribution is 0.384. The molecule has 0 N–H and O–H groups in total. The third-order valence-corrected chi connectivity index (χ3v) is 7.50. The largest absolute Gasteiger partial charge is 0.369 e. The van der Waals surface area contributed by atoms with Crippen LogP contribution in [0.15, 0.2) is 47.4 Å². The third-order valence-electron chi connectivity index (χ3n) is 5.18. The number of anilines is 1. The molecule has 2 aromatic rings. The van der Waals surface area contributed by atoms with Gasteiger partial charge in [0.1, 0.15) is 0 Å². The van der Waals surface area contributed by atoms with Crippen molar-refractivity contribution in [2.24, 2.45) is 0 Å². The number of nitrogens with zero attached hydrogens (tertiary/aromatic N) is 2. The highest BCUT2D eigenvalue weighted by Gasteiger charge is 2.29. The molecular formula is C21H27ClN2O2S. The van der Waals surface area contributed by atoms with Gasteiger partial charge in [-0.25, -0.2) is 8.42 Å². The molecule has 0 radical (unpaired) electrons. The molecule has 2 aromatic carbocycles. The van der Waals surface area contributed by atoms with E-state index in [1.54, 1.807) is 16.4 Å². The Morgan fingerprint density at radius 2 is 1.52 bits per heavy atom. The number of halogens is 1. The zero-order valence-corrected chi connectivity index (χ0v) is 17.9. The summed E-state index contributed by atoms with van der Waals surface area (Å²) in [6.07, 6.45) is 0. The molecule has 1 fully saturated rings. The number of hydrogen-bond acceptors (Lipinski definition) is 3. The maximum atomic E-state index is 13.0. The van der Waals surface area contributed by atoms with E-state index in [1.807, 2.05) is 37.3 Å². The molecule has 3 rings (SSSR count). The van der Waals surface area contributed by atoms with Crippen molar-refractivity contribution in [3.8, 4) is 0 Å². The predicted molar refractivity (Wildman–Crippen MR) is 112 cm³/mol. The molecule has 0 saturated carbocycles. The van der Waals surface area contributed by atoms with Gasteiger partial charge in [0.15, 0.2) is 0 Å². The Balaban J connectivity index is 1.74. The van der Waals surface area contributed by atoms with Crippen LogP contribution in [0.2, 0.25) is 5.02 Å². The van der Waals surface area contributed by atoms with Gasteiger partial charge in [0.05, 0.1) is 4.90 Å². The maximum Gasteiger partial charge on any atom is 0.243 e. The first kappa shape index (κ1) is 20.2. The lowest BCUT2D eigenvalue weighted by Gasteiger charge is -2.36.